The first-order chi connectivity index (χ1) is 12.1. The molecule has 0 unspecified atom stereocenters. The summed E-state index contributed by atoms with van der Waals surface area (Å²) in [4.78, 5) is 17.3. The van der Waals surface area contributed by atoms with Gasteiger partial charge in [-0.05, 0) is 37.6 Å². The number of unbranched alkanes of at least 4 members (excludes halogenated alkanes) is 1. The highest BCUT2D eigenvalue weighted by Gasteiger charge is 2.15. The lowest BCUT2D eigenvalue weighted by molar-refractivity contribution is 0.0502. The molecule has 0 aliphatic carbocycles. The van der Waals surface area contributed by atoms with Gasteiger partial charge in [0, 0.05) is 16.0 Å². The van der Waals surface area contributed by atoms with Gasteiger partial charge in [0.25, 0.3) is 0 Å². The number of nitrogens with zero attached hydrogens (tertiary/aromatic N) is 1. The maximum absolute atomic E-state index is 12.6. The van der Waals surface area contributed by atoms with Crippen molar-refractivity contribution in [1.82, 2.24) is 4.98 Å². The molecule has 3 rings (SSSR count). The number of carbonyl (C=O) groups is 1. The molecular formula is C21H20ClNO2. The van der Waals surface area contributed by atoms with Gasteiger partial charge in [-0.25, -0.2) is 9.78 Å². The number of carbonyl (C=O) groups excluding carboxylic acids is 1. The number of aryl methyl sites for hydroxylation is 1. The van der Waals surface area contributed by atoms with Gasteiger partial charge in [-0.3, -0.25) is 0 Å². The topological polar surface area (TPSA) is 39.2 Å². The van der Waals surface area contributed by atoms with Crippen molar-refractivity contribution in [1.29, 1.82) is 0 Å². The van der Waals surface area contributed by atoms with Crippen molar-refractivity contribution in [2.75, 3.05) is 6.61 Å². The molecule has 0 amide bonds. The highest BCUT2D eigenvalue weighted by molar-refractivity contribution is 6.31. The van der Waals surface area contributed by atoms with E-state index in [9.17, 15) is 4.79 Å². The number of rotatable bonds is 5. The van der Waals surface area contributed by atoms with Gasteiger partial charge in [-0.1, -0.05) is 54.8 Å². The zero-order valence-corrected chi connectivity index (χ0v) is 15.1. The van der Waals surface area contributed by atoms with E-state index in [1.165, 1.54) is 5.56 Å². The van der Waals surface area contributed by atoms with Crippen LogP contribution in [0.3, 0.4) is 0 Å². The van der Waals surface area contributed by atoms with Crippen LogP contribution in [0.4, 0.5) is 0 Å². The average molecular weight is 354 g/mol. The summed E-state index contributed by atoms with van der Waals surface area (Å²) in [6, 6.07) is 15.2. The molecule has 0 aliphatic heterocycles. The molecule has 1 heterocycles. The number of fused-ring (bicyclic) bond motifs is 1. The van der Waals surface area contributed by atoms with Crippen LogP contribution in [0.25, 0.3) is 22.2 Å². The Morgan fingerprint density at radius 2 is 1.88 bits per heavy atom. The first-order valence-corrected chi connectivity index (χ1v) is 8.80. The van der Waals surface area contributed by atoms with Gasteiger partial charge in [0.2, 0.25) is 0 Å². The van der Waals surface area contributed by atoms with Crippen LogP contribution in [0.1, 0.15) is 35.7 Å². The number of pyridine rings is 1. The quantitative estimate of drug-likeness (QED) is 0.428. The lowest BCUT2D eigenvalue weighted by Gasteiger charge is -2.10. The number of hydrogen-bond donors (Lipinski definition) is 0. The number of esters is 1. The molecule has 0 bridgehead atoms. The fraction of sp³-hybridized carbons (Fsp3) is 0.238. The molecule has 25 heavy (non-hydrogen) atoms. The van der Waals surface area contributed by atoms with Crippen LogP contribution in [-0.2, 0) is 4.74 Å². The third kappa shape index (κ3) is 3.99. The minimum atomic E-state index is -0.337. The van der Waals surface area contributed by atoms with Gasteiger partial charge in [-0.15, -0.1) is 0 Å². The van der Waals surface area contributed by atoms with E-state index in [4.69, 9.17) is 16.3 Å². The second kappa shape index (κ2) is 7.66. The fourth-order valence-electron chi connectivity index (χ4n) is 2.63. The summed E-state index contributed by atoms with van der Waals surface area (Å²) in [6.45, 7) is 4.51. The molecule has 1 aromatic heterocycles. The fourth-order valence-corrected chi connectivity index (χ4v) is 2.80. The summed E-state index contributed by atoms with van der Waals surface area (Å²) in [6.07, 6.45) is 1.82. The van der Waals surface area contributed by atoms with Crippen molar-refractivity contribution in [3.63, 3.8) is 0 Å². The smallest absolute Gasteiger partial charge is 0.338 e. The molecular weight excluding hydrogens is 334 g/mol. The maximum Gasteiger partial charge on any atom is 0.338 e. The summed E-state index contributed by atoms with van der Waals surface area (Å²) < 4.78 is 5.42. The number of hydrogen-bond acceptors (Lipinski definition) is 3. The molecule has 4 heteroatoms. The van der Waals surface area contributed by atoms with Gasteiger partial charge in [0.05, 0.1) is 23.4 Å². The number of benzene rings is 2. The largest absolute Gasteiger partial charge is 0.462 e. The second-order valence-corrected chi connectivity index (χ2v) is 6.51. The van der Waals surface area contributed by atoms with E-state index >= 15 is 0 Å². The Morgan fingerprint density at radius 3 is 2.60 bits per heavy atom. The van der Waals surface area contributed by atoms with Crippen LogP contribution in [0, 0.1) is 6.92 Å². The Balaban J connectivity index is 2.09. The minimum absolute atomic E-state index is 0.337. The molecule has 2 aromatic carbocycles. The van der Waals surface area contributed by atoms with Gasteiger partial charge in [0.15, 0.2) is 0 Å². The van der Waals surface area contributed by atoms with Crippen LogP contribution >= 0.6 is 11.6 Å². The Bertz CT molecular complexity index is 904. The molecule has 128 valence electrons. The summed E-state index contributed by atoms with van der Waals surface area (Å²) in [7, 11) is 0. The molecule has 0 saturated carbocycles. The van der Waals surface area contributed by atoms with Gasteiger partial charge >= 0.3 is 5.97 Å². The van der Waals surface area contributed by atoms with Gasteiger partial charge < -0.3 is 4.74 Å². The molecule has 0 fully saturated rings. The normalized spacial score (nSPS) is 10.8. The van der Waals surface area contributed by atoms with E-state index < -0.39 is 0 Å². The molecule has 3 aromatic rings. The number of halogens is 1. The van der Waals surface area contributed by atoms with Gasteiger partial charge in [0.1, 0.15) is 0 Å². The Labute approximate surface area is 152 Å². The Kier molecular flexibility index (Phi) is 5.34. The monoisotopic (exact) mass is 353 g/mol. The zero-order valence-electron chi connectivity index (χ0n) is 14.4. The highest BCUT2D eigenvalue weighted by Crippen LogP contribution is 2.27. The van der Waals surface area contributed by atoms with Crippen LogP contribution < -0.4 is 0 Å². The molecule has 3 nitrogen and oxygen atoms in total. The lowest BCUT2D eigenvalue weighted by atomic mass is 10.0. The first-order valence-electron chi connectivity index (χ1n) is 8.43. The third-order valence-electron chi connectivity index (χ3n) is 4.07. The molecule has 0 saturated heterocycles. The van der Waals surface area contributed by atoms with E-state index in [0.29, 0.717) is 22.6 Å². The number of aromatic nitrogens is 1. The minimum Gasteiger partial charge on any atom is -0.462 e. The van der Waals surface area contributed by atoms with Crippen molar-refractivity contribution >= 4 is 28.5 Å². The van der Waals surface area contributed by atoms with Gasteiger partial charge in [-0.2, -0.15) is 0 Å². The van der Waals surface area contributed by atoms with Crippen LogP contribution in [0.2, 0.25) is 5.02 Å². The highest BCUT2D eigenvalue weighted by atomic mass is 35.5. The van der Waals surface area contributed by atoms with Crippen LogP contribution in [0.5, 0.6) is 0 Å². The Morgan fingerprint density at radius 1 is 1.12 bits per heavy atom. The maximum atomic E-state index is 12.6. The molecule has 0 spiro atoms. The van der Waals surface area contributed by atoms with Crippen molar-refractivity contribution in [3.05, 3.63) is 64.7 Å². The summed E-state index contributed by atoms with van der Waals surface area (Å²) in [5.41, 5.74) is 4.11. The predicted octanol–water partition coefficient (Wildman–Crippen LogP) is 5.82. The lowest BCUT2D eigenvalue weighted by Crippen LogP contribution is -2.08. The van der Waals surface area contributed by atoms with Crippen molar-refractivity contribution in [2.24, 2.45) is 0 Å². The predicted molar refractivity (Wildman–Crippen MR) is 102 cm³/mol. The summed E-state index contributed by atoms with van der Waals surface area (Å²) in [5.74, 6) is -0.337. The standard InChI is InChI=1S/C21H20ClNO2/c1-3-4-11-25-21(24)18-13-20(15-7-5-14(2)6-8-15)23-19-10-9-16(22)12-17(18)19/h5-10,12-13H,3-4,11H2,1-2H3. The SMILES string of the molecule is CCCCOC(=O)c1cc(-c2ccc(C)cc2)nc2ccc(Cl)cc12. The van der Waals surface area contributed by atoms with E-state index in [2.05, 4.69) is 11.9 Å². The second-order valence-electron chi connectivity index (χ2n) is 6.07. The van der Waals surface area contributed by atoms with Crippen molar-refractivity contribution in [3.8, 4) is 11.3 Å². The molecule has 0 atom stereocenters. The van der Waals surface area contributed by atoms with Crippen LogP contribution in [-0.4, -0.2) is 17.6 Å². The summed E-state index contributed by atoms with van der Waals surface area (Å²) >= 11 is 6.12. The molecule has 0 radical (unpaired) electrons. The van der Waals surface area contributed by atoms with Crippen molar-refractivity contribution < 1.29 is 9.53 Å². The van der Waals surface area contributed by atoms with Crippen molar-refractivity contribution in [2.45, 2.75) is 26.7 Å². The zero-order chi connectivity index (χ0) is 17.8. The molecule has 0 N–H and O–H groups in total. The number of ether oxygens (including phenoxy) is 1. The van der Waals surface area contributed by atoms with E-state index in [0.717, 1.165) is 29.6 Å². The summed E-state index contributed by atoms with van der Waals surface area (Å²) in [5, 5.41) is 1.28. The van der Waals surface area contributed by atoms with E-state index in [-0.39, 0.29) is 5.97 Å². The third-order valence-corrected chi connectivity index (χ3v) is 4.30. The van der Waals surface area contributed by atoms with Crippen LogP contribution in [0.15, 0.2) is 48.5 Å². The molecule has 0 aliphatic rings. The average Bonchev–Trinajstić information content (AvgIpc) is 2.61. The van der Waals surface area contributed by atoms with E-state index in [1.54, 1.807) is 18.2 Å². The van der Waals surface area contributed by atoms with E-state index in [1.807, 2.05) is 37.3 Å². The first kappa shape index (κ1) is 17.4. The Hall–Kier alpha value is -2.39.